The fraction of sp³-hybridized carbons (Fsp3) is 0.438. The van der Waals surface area contributed by atoms with E-state index < -0.39 is 0 Å². The number of nitriles is 1. The molecule has 1 aromatic carbocycles. The van der Waals surface area contributed by atoms with Gasteiger partial charge in [0, 0.05) is 24.6 Å². The number of nitrogens with one attached hydrogen (secondary N) is 1. The summed E-state index contributed by atoms with van der Waals surface area (Å²) < 4.78 is 0. The Hall–Kier alpha value is -2.10. The third kappa shape index (κ3) is 4.95. The third-order valence-corrected chi connectivity index (χ3v) is 4.33. The lowest BCUT2D eigenvalue weighted by molar-refractivity contribution is -0.123. The maximum absolute atomic E-state index is 12.0. The molecule has 2 amide bonds. The first-order valence-corrected chi connectivity index (χ1v) is 7.88. The van der Waals surface area contributed by atoms with Crippen molar-refractivity contribution in [2.45, 2.75) is 19.3 Å². The lowest BCUT2D eigenvalue weighted by Crippen LogP contribution is -2.39. The highest BCUT2D eigenvalue weighted by Gasteiger charge is 2.23. The Morgan fingerprint density at radius 1 is 1.39 bits per heavy atom. The van der Waals surface area contributed by atoms with Crippen LogP contribution in [0.4, 0.5) is 5.69 Å². The minimum Gasteiger partial charge on any atom is -0.369 e. The number of nitrogens with zero attached hydrogens (tertiary/aromatic N) is 2. The van der Waals surface area contributed by atoms with Gasteiger partial charge in [-0.25, -0.2) is 0 Å². The van der Waals surface area contributed by atoms with Crippen molar-refractivity contribution in [2.24, 2.45) is 11.7 Å². The van der Waals surface area contributed by atoms with Crippen molar-refractivity contribution in [2.75, 3.05) is 25.0 Å². The number of piperidine rings is 1. The average Bonchev–Trinajstić information content (AvgIpc) is 2.53. The molecule has 7 heteroatoms. The van der Waals surface area contributed by atoms with Gasteiger partial charge in [-0.05, 0) is 44.1 Å². The summed E-state index contributed by atoms with van der Waals surface area (Å²) in [4.78, 5) is 25.2. The molecule has 0 aliphatic carbocycles. The summed E-state index contributed by atoms with van der Waals surface area (Å²) in [6.07, 6.45) is 1.86. The van der Waals surface area contributed by atoms with Gasteiger partial charge in [0.2, 0.25) is 11.8 Å². The zero-order valence-electron chi connectivity index (χ0n) is 12.7. The van der Waals surface area contributed by atoms with Crippen LogP contribution in [0.15, 0.2) is 18.2 Å². The van der Waals surface area contributed by atoms with Crippen LogP contribution >= 0.6 is 11.6 Å². The molecule has 2 rings (SSSR count). The monoisotopic (exact) mass is 334 g/mol. The first kappa shape index (κ1) is 17.3. The molecule has 1 fully saturated rings. The van der Waals surface area contributed by atoms with Gasteiger partial charge in [-0.2, -0.15) is 5.26 Å². The normalized spacial score (nSPS) is 15.8. The highest BCUT2D eigenvalue weighted by molar-refractivity contribution is 6.32. The SMILES string of the molecule is N#Cc1ccc(NC(=O)CCN2CCC(C(N)=O)CC2)cc1Cl. The van der Waals surface area contributed by atoms with Gasteiger partial charge >= 0.3 is 0 Å². The summed E-state index contributed by atoms with van der Waals surface area (Å²) in [7, 11) is 0. The van der Waals surface area contributed by atoms with Crippen LogP contribution in [0.1, 0.15) is 24.8 Å². The Labute approximate surface area is 140 Å². The zero-order valence-corrected chi connectivity index (χ0v) is 13.5. The van der Waals surface area contributed by atoms with Gasteiger partial charge in [-0.1, -0.05) is 11.6 Å². The smallest absolute Gasteiger partial charge is 0.225 e. The van der Waals surface area contributed by atoms with Crippen LogP contribution in [0.2, 0.25) is 5.02 Å². The number of amides is 2. The van der Waals surface area contributed by atoms with Gasteiger partial charge in [0.1, 0.15) is 6.07 Å². The number of likely N-dealkylation sites (tertiary alicyclic amines) is 1. The third-order valence-electron chi connectivity index (χ3n) is 4.02. The number of benzene rings is 1. The standard InChI is InChI=1S/C16H19ClN4O2/c17-14-9-13(2-1-12(14)10-18)20-15(22)5-8-21-6-3-11(4-7-21)16(19)23/h1-2,9,11H,3-8H2,(H2,19,23)(H,20,22). The maximum atomic E-state index is 12.0. The van der Waals surface area contributed by atoms with Gasteiger partial charge < -0.3 is 16.0 Å². The van der Waals surface area contributed by atoms with Gasteiger partial charge in [-0.3, -0.25) is 9.59 Å². The van der Waals surface area contributed by atoms with E-state index in [1.165, 1.54) is 0 Å². The van der Waals surface area contributed by atoms with Crippen LogP contribution in [0.3, 0.4) is 0 Å². The molecule has 1 aromatic rings. The zero-order chi connectivity index (χ0) is 16.8. The second-order valence-electron chi connectivity index (χ2n) is 5.62. The molecule has 1 saturated heterocycles. The Morgan fingerprint density at radius 2 is 2.09 bits per heavy atom. The number of carbonyl (C=O) groups excluding carboxylic acids is 2. The Kier molecular flexibility index (Phi) is 5.97. The largest absolute Gasteiger partial charge is 0.369 e. The molecule has 0 bridgehead atoms. The average molecular weight is 335 g/mol. The van der Waals surface area contributed by atoms with Crippen molar-refractivity contribution >= 4 is 29.1 Å². The molecule has 122 valence electrons. The first-order valence-electron chi connectivity index (χ1n) is 7.50. The molecule has 0 atom stereocenters. The van der Waals surface area contributed by atoms with E-state index >= 15 is 0 Å². The molecule has 23 heavy (non-hydrogen) atoms. The fourth-order valence-corrected chi connectivity index (χ4v) is 2.83. The van der Waals surface area contributed by atoms with E-state index in [9.17, 15) is 9.59 Å². The summed E-state index contributed by atoms with van der Waals surface area (Å²) >= 11 is 5.93. The summed E-state index contributed by atoms with van der Waals surface area (Å²) in [5, 5.41) is 11.9. The molecular weight excluding hydrogens is 316 g/mol. The summed E-state index contributed by atoms with van der Waals surface area (Å²) in [5.74, 6) is -0.385. The van der Waals surface area contributed by atoms with Crippen LogP contribution in [0, 0.1) is 17.2 Å². The van der Waals surface area contributed by atoms with Crippen molar-refractivity contribution in [3.8, 4) is 6.07 Å². The molecule has 1 heterocycles. The molecule has 0 radical (unpaired) electrons. The number of nitrogens with two attached hydrogens (primary N) is 1. The second kappa shape index (κ2) is 7.95. The number of anilines is 1. The van der Waals surface area contributed by atoms with E-state index in [4.69, 9.17) is 22.6 Å². The molecule has 1 aliphatic rings. The van der Waals surface area contributed by atoms with E-state index in [1.54, 1.807) is 18.2 Å². The number of hydrogen-bond acceptors (Lipinski definition) is 4. The van der Waals surface area contributed by atoms with Crippen LogP contribution in [-0.4, -0.2) is 36.3 Å². The number of halogens is 1. The van der Waals surface area contributed by atoms with E-state index in [2.05, 4.69) is 10.2 Å². The maximum Gasteiger partial charge on any atom is 0.225 e. The lowest BCUT2D eigenvalue weighted by Gasteiger charge is -2.30. The van der Waals surface area contributed by atoms with Crippen molar-refractivity contribution < 1.29 is 9.59 Å². The van der Waals surface area contributed by atoms with Gasteiger partial charge in [0.15, 0.2) is 0 Å². The van der Waals surface area contributed by atoms with Crippen LogP contribution in [0.5, 0.6) is 0 Å². The Balaban J connectivity index is 1.77. The molecular formula is C16H19ClN4O2. The van der Waals surface area contributed by atoms with E-state index in [1.807, 2.05) is 6.07 Å². The predicted molar refractivity (Wildman–Crippen MR) is 87.8 cm³/mol. The highest BCUT2D eigenvalue weighted by Crippen LogP contribution is 2.20. The molecule has 0 unspecified atom stereocenters. The minimum atomic E-state index is -0.236. The first-order chi connectivity index (χ1) is 11.0. The van der Waals surface area contributed by atoms with Crippen molar-refractivity contribution in [3.05, 3.63) is 28.8 Å². The lowest BCUT2D eigenvalue weighted by atomic mass is 9.96. The van der Waals surface area contributed by atoms with Crippen LogP contribution in [0.25, 0.3) is 0 Å². The molecule has 6 nitrogen and oxygen atoms in total. The second-order valence-corrected chi connectivity index (χ2v) is 6.03. The quantitative estimate of drug-likeness (QED) is 0.856. The summed E-state index contributed by atoms with van der Waals surface area (Å²) in [6, 6.07) is 6.77. The van der Waals surface area contributed by atoms with Gasteiger partial charge in [0.25, 0.3) is 0 Å². The molecule has 0 saturated carbocycles. The van der Waals surface area contributed by atoms with Gasteiger partial charge in [-0.15, -0.1) is 0 Å². The van der Waals surface area contributed by atoms with E-state index in [0.29, 0.717) is 29.2 Å². The Morgan fingerprint density at radius 3 is 2.65 bits per heavy atom. The molecule has 0 spiro atoms. The fourth-order valence-electron chi connectivity index (χ4n) is 2.61. The van der Waals surface area contributed by atoms with Gasteiger partial charge in [0.05, 0.1) is 10.6 Å². The molecule has 1 aliphatic heterocycles. The van der Waals surface area contributed by atoms with Crippen molar-refractivity contribution in [1.82, 2.24) is 4.90 Å². The molecule has 0 aromatic heterocycles. The summed E-state index contributed by atoms with van der Waals surface area (Å²) in [5.41, 5.74) is 6.25. The Bertz CT molecular complexity index is 633. The highest BCUT2D eigenvalue weighted by atomic mass is 35.5. The number of primary amides is 1. The van der Waals surface area contributed by atoms with Crippen LogP contribution in [-0.2, 0) is 9.59 Å². The summed E-state index contributed by atoms with van der Waals surface area (Å²) in [6.45, 7) is 2.20. The van der Waals surface area contributed by atoms with Crippen molar-refractivity contribution in [1.29, 1.82) is 5.26 Å². The number of rotatable bonds is 5. The predicted octanol–water partition coefficient (Wildman–Crippen LogP) is 1.74. The van der Waals surface area contributed by atoms with E-state index in [0.717, 1.165) is 25.9 Å². The minimum absolute atomic E-state index is 0.0409. The van der Waals surface area contributed by atoms with Crippen molar-refractivity contribution in [3.63, 3.8) is 0 Å². The number of carbonyl (C=O) groups is 2. The van der Waals surface area contributed by atoms with E-state index in [-0.39, 0.29) is 17.7 Å². The number of hydrogen-bond donors (Lipinski definition) is 2. The van der Waals surface area contributed by atoms with Crippen LogP contribution < -0.4 is 11.1 Å². The topological polar surface area (TPSA) is 99.2 Å². The molecule has 3 N–H and O–H groups in total.